The van der Waals surface area contributed by atoms with Crippen molar-refractivity contribution in [2.75, 3.05) is 0 Å². The van der Waals surface area contributed by atoms with Crippen molar-refractivity contribution in [2.24, 2.45) is 0 Å². The molecule has 0 fully saturated rings. The van der Waals surface area contributed by atoms with Crippen LogP contribution in [0.1, 0.15) is 0 Å². The lowest BCUT2D eigenvalue weighted by molar-refractivity contribution is 1.07. The van der Waals surface area contributed by atoms with Crippen LogP contribution in [0.4, 0.5) is 0 Å². The smallest absolute Gasteiger partial charge is 0.164 e. The van der Waals surface area contributed by atoms with Gasteiger partial charge < -0.3 is 0 Å². The van der Waals surface area contributed by atoms with Gasteiger partial charge in [-0.3, -0.25) is 0 Å². The van der Waals surface area contributed by atoms with E-state index in [1.54, 1.807) is 0 Å². The zero-order chi connectivity index (χ0) is 30.7. The van der Waals surface area contributed by atoms with Gasteiger partial charge in [0.2, 0.25) is 0 Å². The molecule has 7 aromatic carbocycles. The summed E-state index contributed by atoms with van der Waals surface area (Å²) in [5, 5.41) is 2.49. The minimum absolute atomic E-state index is 0.642. The number of fused-ring (bicyclic) bond motifs is 1. The molecule has 3 nitrogen and oxygen atoms in total. The minimum Gasteiger partial charge on any atom is -0.208 e. The van der Waals surface area contributed by atoms with Gasteiger partial charge in [-0.25, -0.2) is 15.0 Å². The first kappa shape index (κ1) is 27.4. The summed E-state index contributed by atoms with van der Waals surface area (Å²) in [5.74, 6) is 1.94. The van der Waals surface area contributed by atoms with Crippen molar-refractivity contribution < 1.29 is 0 Å². The van der Waals surface area contributed by atoms with E-state index < -0.39 is 0 Å². The molecule has 0 saturated carbocycles. The maximum Gasteiger partial charge on any atom is 0.164 e. The number of hydrogen-bond acceptors (Lipinski definition) is 3. The van der Waals surface area contributed by atoms with Crippen LogP contribution in [0.2, 0.25) is 0 Å². The quantitative estimate of drug-likeness (QED) is 0.194. The molecule has 0 aliphatic heterocycles. The minimum atomic E-state index is 0.642. The van der Waals surface area contributed by atoms with E-state index in [0.29, 0.717) is 17.5 Å². The first-order valence-electron chi connectivity index (χ1n) is 15.4. The van der Waals surface area contributed by atoms with Crippen LogP contribution in [0.25, 0.3) is 78.3 Å². The Labute approximate surface area is 268 Å². The highest BCUT2D eigenvalue weighted by atomic mass is 15.0. The Morgan fingerprint density at radius 2 is 0.674 bits per heavy atom. The molecule has 0 amide bonds. The topological polar surface area (TPSA) is 38.7 Å². The monoisotopic (exact) mass is 587 g/mol. The SMILES string of the molecule is c1ccc(-c2ccc(-c3nc(-c4ccccc4)nc(-c4cccc(-c5cccc(-c6cccc7ccccc67)c5)c4)n3)cc2)cc1. The number of aromatic nitrogens is 3. The molecule has 1 aromatic heterocycles. The average molecular weight is 588 g/mol. The van der Waals surface area contributed by atoms with E-state index in [1.807, 2.05) is 36.4 Å². The van der Waals surface area contributed by atoms with Gasteiger partial charge in [0.25, 0.3) is 0 Å². The molecule has 8 aromatic rings. The Morgan fingerprint density at radius 1 is 0.261 bits per heavy atom. The van der Waals surface area contributed by atoms with Crippen LogP contribution >= 0.6 is 0 Å². The van der Waals surface area contributed by atoms with Crippen LogP contribution < -0.4 is 0 Å². The van der Waals surface area contributed by atoms with Gasteiger partial charge in [0.15, 0.2) is 17.5 Å². The van der Waals surface area contributed by atoms with Gasteiger partial charge in [-0.15, -0.1) is 0 Å². The van der Waals surface area contributed by atoms with Crippen LogP contribution in [0, 0.1) is 0 Å². The number of rotatable bonds is 6. The third kappa shape index (κ3) is 5.47. The molecule has 0 aliphatic carbocycles. The summed E-state index contributed by atoms with van der Waals surface area (Å²) >= 11 is 0. The summed E-state index contributed by atoms with van der Waals surface area (Å²) in [5.41, 5.74) is 9.83. The first-order chi connectivity index (χ1) is 22.8. The highest BCUT2D eigenvalue weighted by Crippen LogP contribution is 2.33. The Morgan fingerprint density at radius 3 is 1.37 bits per heavy atom. The summed E-state index contributed by atoms with van der Waals surface area (Å²) in [7, 11) is 0. The molecule has 0 bridgehead atoms. The molecule has 216 valence electrons. The first-order valence-corrected chi connectivity index (χ1v) is 15.4. The molecule has 0 aliphatic rings. The molecule has 1 heterocycles. The Kier molecular flexibility index (Phi) is 7.18. The Hall–Kier alpha value is -6.19. The average Bonchev–Trinajstić information content (AvgIpc) is 3.15. The third-order valence-corrected chi connectivity index (χ3v) is 8.33. The second-order valence-electron chi connectivity index (χ2n) is 11.3. The van der Waals surface area contributed by atoms with Crippen molar-refractivity contribution >= 4 is 10.8 Å². The summed E-state index contributed by atoms with van der Waals surface area (Å²) in [6, 6.07) is 61.2. The van der Waals surface area contributed by atoms with Crippen molar-refractivity contribution in [1.82, 2.24) is 15.0 Å². The fourth-order valence-electron chi connectivity index (χ4n) is 5.97. The van der Waals surface area contributed by atoms with E-state index in [0.717, 1.165) is 33.4 Å². The number of hydrogen-bond donors (Lipinski definition) is 0. The maximum atomic E-state index is 5.01. The molecule has 3 heteroatoms. The Bertz CT molecular complexity index is 2290. The van der Waals surface area contributed by atoms with E-state index in [9.17, 15) is 0 Å². The van der Waals surface area contributed by atoms with Crippen LogP contribution in [-0.4, -0.2) is 15.0 Å². The lowest BCUT2D eigenvalue weighted by atomic mass is 9.95. The maximum absolute atomic E-state index is 5.01. The zero-order valence-electron chi connectivity index (χ0n) is 25.1. The lowest BCUT2D eigenvalue weighted by Crippen LogP contribution is -2.00. The molecule has 0 N–H and O–H groups in total. The van der Waals surface area contributed by atoms with Crippen LogP contribution in [0.15, 0.2) is 176 Å². The molecular weight excluding hydrogens is 558 g/mol. The van der Waals surface area contributed by atoms with Gasteiger partial charge in [0, 0.05) is 16.7 Å². The molecule has 0 saturated heterocycles. The fourth-order valence-corrected chi connectivity index (χ4v) is 5.97. The van der Waals surface area contributed by atoms with Crippen molar-refractivity contribution in [2.45, 2.75) is 0 Å². The summed E-state index contributed by atoms with van der Waals surface area (Å²) in [6.45, 7) is 0. The van der Waals surface area contributed by atoms with Crippen molar-refractivity contribution in [3.8, 4) is 67.5 Å². The predicted octanol–water partition coefficient (Wildman–Crippen LogP) is 11.0. The molecular formula is C43H29N3. The zero-order valence-corrected chi connectivity index (χ0v) is 25.1. The molecule has 0 unspecified atom stereocenters. The van der Waals surface area contributed by atoms with Gasteiger partial charge in [0.1, 0.15) is 0 Å². The molecule has 8 rings (SSSR count). The van der Waals surface area contributed by atoms with Crippen LogP contribution in [0.3, 0.4) is 0 Å². The van der Waals surface area contributed by atoms with Crippen LogP contribution in [0.5, 0.6) is 0 Å². The molecule has 0 spiro atoms. The van der Waals surface area contributed by atoms with E-state index in [-0.39, 0.29) is 0 Å². The van der Waals surface area contributed by atoms with E-state index in [4.69, 9.17) is 15.0 Å². The molecule has 0 radical (unpaired) electrons. The van der Waals surface area contributed by atoms with Gasteiger partial charge in [-0.05, 0) is 56.3 Å². The predicted molar refractivity (Wildman–Crippen MR) is 190 cm³/mol. The summed E-state index contributed by atoms with van der Waals surface area (Å²) in [6.07, 6.45) is 0. The summed E-state index contributed by atoms with van der Waals surface area (Å²) < 4.78 is 0. The van der Waals surface area contributed by atoms with Crippen molar-refractivity contribution in [3.05, 3.63) is 176 Å². The highest BCUT2D eigenvalue weighted by Gasteiger charge is 2.14. The van der Waals surface area contributed by atoms with Crippen LogP contribution in [-0.2, 0) is 0 Å². The fraction of sp³-hybridized carbons (Fsp3) is 0. The van der Waals surface area contributed by atoms with E-state index in [2.05, 4.69) is 140 Å². The largest absolute Gasteiger partial charge is 0.208 e. The van der Waals surface area contributed by atoms with Crippen molar-refractivity contribution in [1.29, 1.82) is 0 Å². The standard InChI is InChI=1S/C43H29N3/c1-3-12-30(13-4-1)31-24-26-34(27-25-31)42-44-41(33-15-5-2-6-16-33)45-43(46-42)38-21-10-19-36(29-38)35-18-9-20-37(28-35)40-23-11-17-32-14-7-8-22-39(32)40/h1-29H. The van der Waals surface area contributed by atoms with Gasteiger partial charge in [-0.2, -0.15) is 0 Å². The van der Waals surface area contributed by atoms with E-state index >= 15 is 0 Å². The second-order valence-corrected chi connectivity index (χ2v) is 11.3. The normalized spacial score (nSPS) is 11.0. The van der Waals surface area contributed by atoms with Gasteiger partial charge in [0.05, 0.1) is 0 Å². The molecule has 46 heavy (non-hydrogen) atoms. The number of nitrogens with zero attached hydrogens (tertiary/aromatic N) is 3. The third-order valence-electron chi connectivity index (χ3n) is 8.33. The van der Waals surface area contributed by atoms with Gasteiger partial charge in [-0.1, -0.05) is 164 Å². The second kappa shape index (κ2) is 12.1. The van der Waals surface area contributed by atoms with E-state index in [1.165, 1.54) is 27.5 Å². The number of benzene rings is 7. The lowest BCUT2D eigenvalue weighted by Gasteiger charge is -2.11. The van der Waals surface area contributed by atoms with Crippen molar-refractivity contribution in [3.63, 3.8) is 0 Å². The molecule has 0 atom stereocenters. The summed E-state index contributed by atoms with van der Waals surface area (Å²) in [4.78, 5) is 14.9. The highest BCUT2D eigenvalue weighted by molar-refractivity contribution is 5.97. The Balaban J connectivity index is 1.20. The van der Waals surface area contributed by atoms with Gasteiger partial charge >= 0.3 is 0 Å².